The molecular formula is C12H17NO. The van der Waals surface area contributed by atoms with Crippen LogP contribution in [0, 0.1) is 0 Å². The Morgan fingerprint density at radius 1 is 1.07 bits per heavy atom. The van der Waals surface area contributed by atoms with Crippen LogP contribution in [0.1, 0.15) is 5.56 Å². The van der Waals surface area contributed by atoms with Crippen molar-refractivity contribution < 1.29 is 4.79 Å². The fourth-order valence-corrected chi connectivity index (χ4v) is 0.715. The molecular weight excluding hydrogens is 174 g/mol. The van der Waals surface area contributed by atoms with Gasteiger partial charge in [-0.3, -0.25) is 4.79 Å². The molecule has 0 heterocycles. The molecule has 0 fully saturated rings. The Labute approximate surface area is 85.9 Å². The van der Waals surface area contributed by atoms with E-state index >= 15 is 0 Å². The van der Waals surface area contributed by atoms with Crippen molar-refractivity contribution in [1.29, 1.82) is 0 Å². The molecule has 0 N–H and O–H groups in total. The number of carbonyl (C=O) groups excluding carboxylic acids is 1. The molecule has 76 valence electrons. The highest BCUT2D eigenvalue weighted by Crippen LogP contribution is 1.99. The summed E-state index contributed by atoms with van der Waals surface area (Å²) in [5, 5.41) is 0. The van der Waals surface area contributed by atoms with E-state index in [1.807, 2.05) is 56.4 Å². The van der Waals surface area contributed by atoms with Crippen LogP contribution >= 0.6 is 0 Å². The molecule has 0 saturated heterocycles. The first-order valence-corrected chi connectivity index (χ1v) is 4.44. The highest BCUT2D eigenvalue weighted by atomic mass is 16.1. The molecule has 0 aliphatic rings. The SMILES string of the molecule is CN(C)C.O=C/C=C/c1ccccc1. The number of aldehydes is 1. The minimum absolute atomic E-state index is 0.771. The summed E-state index contributed by atoms with van der Waals surface area (Å²) in [6.07, 6.45) is 4.02. The van der Waals surface area contributed by atoms with E-state index in [2.05, 4.69) is 0 Å². The zero-order valence-corrected chi connectivity index (χ0v) is 8.97. The highest BCUT2D eigenvalue weighted by molar-refractivity contribution is 5.73. The fourth-order valence-electron chi connectivity index (χ4n) is 0.715. The van der Waals surface area contributed by atoms with Crippen LogP contribution in [-0.2, 0) is 4.79 Å². The highest BCUT2D eigenvalue weighted by Gasteiger charge is 1.79. The Morgan fingerprint density at radius 3 is 2.00 bits per heavy atom. The van der Waals surface area contributed by atoms with E-state index in [1.165, 1.54) is 6.08 Å². The molecule has 0 aliphatic heterocycles. The first-order chi connectivity index (χ1) is 6.66. The third-order valence-corrected chi connectivity index (χ3v) is 1.17. The number of carbonyl (C=O) groups is 1. The second kappa shape index (κ2) is 8.20. The first kappa shape index (κ1) is 12.6. The molecule has 1 rings (SSSR count). The van der Waals surface area contributed by atoms with Crippen LogP contribution in [-0.4, -0.2) is 32.3 Å². The Kier molecular flexibility index (Phi) is 7.37. The molecule has 0 bridgehead atoms. The molecule has 0 radical (unpaired) electrons. The van der Waals surface area contributed by atoms with Crippen molar-refractivity contribution in [3.8, 4) is 0 Å². The first-order valence-electron chi connectivity index (χ1n) is 4.44. The molecule has 2 nitrogen and oxygen atoms in total. The predicted molar refractivity (Wildman–Crippen MR) is 61.2 cm³/mol. The molecule has 0 unspecified atom stereocenters. The molecule has 0 atom stereocenters. The van der Waals surface area contributed by atoms with Crippen LogP contribution in [0.15, 0.2) is 36.4 Å². The van der Waals surface area contributed by atoms with E-state index in [1.54, 1.807) is 6.08 Å². The van der Waals surface area contributed by atoms with Crippen LogP contribution in [0.2, 0.25) is 0 Å². The van der Waals surface area contributed by atoms with E-state index in [-0.39, 0.29) is 0 Å². The molecule has 1 aromatic rings. The van der Waals surface area contributed by atoms with Crippen molar-refractivity contribution >= 4 is 12.4 Å². The lowest BCUT2D eigenvalue weighted by molar-refractivity contribution is -0.104. The van der Waals surface area contributed by atoms with Crippen LogP contribution in [0.4, 0.5) is 0 Å². The fraction of sp³-hybridized carbons (Fsp3) is 0.250. The lowest BCUT2D eigenvalue weighted by atomic mass is 10.2. The zero-order valence-electron chi connectivity index (χ0n) is 8.97. The van der Waals surface area contributed by atoms with E-state index in [9.17, 15) is 4.79 Å². The topological polar surface area (TPSA) is 20.3 Å². The second-order valence-electron chi connectivity index (χ2n) is 3.25. The monoisotopic (exact) mass is 191 g/mol. The third-order valence-electron chi connectivity index (χ3n) is 1.17. The number of rotatable bonds is 2. The Hall–Kier alpha value is -1.41. The van der Waals surface area contributed by atoms with Crippen molar-refractivity contribution in [1.82, 2.24) is 4.90 Å². The molecule has 0 spiro atoms. The van der Waals surface area contributed by atoms with Gasteiger partial charge in [0.1, 0.15) is 6.29 Å². The number of benzene rings is 1. The summed E-state index contributed by atoms with van der Waals surface area (Å²) in [4.78, 5) is 11.9. The van der Waals surface area contributed by atoms with E-state index in [4.69, 9.17) is 0 Å². The maximum absolute atomic E-state index is 9.89. The predicted octanol–water partition coefficient (Wildman–Crippen LogP) is 2.08. The van der Waals surface area contributed by atoms with Crippen LogP contribution in [0.25, 0.3) is 6.08 Å². The summed E-state index contributed by atoms with van der Waals surface area (Å²) in [5.74, 6) is 0. The molecule has 0 saturated carbocycles. The van der Waals surface area contributed by atoms with Crippen LogP contribution in [0.3, 0.4) is 0 Å². The van der Waals surface area contributed by atoms with Gasteiger partial charge in [0.2, 0.25) is 0 Å². The normalized spacial score (nSPS) is 9.71. The zero-order chi connectivity index (χ0) is 10.8. The molecule has 2 heteroatoms. The van der Waals surface area contributed by atoms with Crippen molar-refractivity contribution in [2.75, 3.05) is 21.1 Å². The quantitative estimate of drug-likeness (QED) is 0.527. The molecule has 0 aromatic heterocycles. The van der Waals surface area contributed by atoms with Crippen molar-refractivity contribution in [2.45, 2.75) is 0 Å². The van der Waals surface area contributed by atoms with Gasteiger partial charge in [-0.2, -0.15) is 0 Å². The Balaban J connectivity index is 0.000000364. The standard InChI is InChI=1S/C9H8O.C3H9N/c10-8-4-7-9-5-2-1-3-6-9;1-4(2)3/h1-8H;1-3H3/b7-4+;. The van der Waals surface area contributed by atoms with Gasteiger partial charge in [0.05, 0.1) is 0 Å². The molecule has 0 amide bonds. The van der Waals surface area contributed by atoms with Crippen LogP contribution < -0.4 is 0 Å². The van der Waals surface area contributed by atoms with Gasteiger partial charge in [-0.15, -0.1) is 0 Å². The average molecular weight is 191 g/mol. The Morgan fingerprint density at radius 2 is 1.57 bits per heavy atom. The minimum Gasteiger partial charge on any atom is -0.312 e. The van der Waals surface area contributed by atoms with Gasteiger partial charge < -0.3 is 4.90 Å². The number of hydrogen-bond donors (Lipinski definition) is 0. The Bertz CT molecular complexity index is 262. The number of allylic oxidation sites excluding steroid dienone is 1. The maximum Gasteiger partial charge on any atom is 0.142 e. The van der Waals surface area contributed by atoms with E-state index < -0.39 is 0 Å². The van der Waals surface area contributed by atoms with Gasteiger partial charge in [0, 0.05) is 0 Å². The minimum atomic E-state index is 0.771. The van der Waals surface area contributed by atoms with E-state index in [0.29, 0.717) is 0 Å². The average Bonchev–Trinajstić information content (AvgIpc) is 2.15. The lowest BCUT2D eigenvalue weighted by Gasteiger charge is -1.90. The molecule has 14 heavy (non-hydrogen) atoms. The summed E-state index contributed by atoms with van der Waals surface area (Å²) in [6, 6.07) is 9.70. The van der Waals surface area contributed by atoms with Gasteiger partial charge in [0.25, 0.3) is 0 Å². The largest absolute Gasteiger partial charge is 0.312 e. The summed E-state index contributed by atoms with van der Waals surface area (Å²) in [6.45, 7) is 0. The van der Waals surface area contributed by atoms with Crippen molar-refractivity contribution in [3.05, 3.63) is 42.0 Å². The van der Waals surface area contributed by atoms with Crippen LogP contribution in [0.5, 0.6) is 0 Å². The van der Waals surface area contributed by atoms with Gasteiger partial charge >= 0.3 is 0 Å². The van der Waals surface area contributed by atoms with Crippen molar-refractivity contribution in [3.63, 3.8) is 0 Å². The number of nitrogens with zero attached hydrogens (tertiary/aromatic N) is 1. The van der Waals surface area contributed by atoms with Gasteiger partial charge in [-0.25, -0.2) is 0 Å². The molecule has 1 aromatic carbocycles. The third kappa shape index (κ3) is 8.68. The number of hydrogen-bond acceptors (Lipinski definition) is 2. The summed E-state index contributed by atoms with van der Waals surface area (Å²) in [5.41, 5.74) is 1.05. The van der Waals surface area contributed by atoms with Gasteiger partial charge in [0.15, 0.2) is 0 Å². The van der Waals surface area contributed by atoms with Crippen molar-refractivity contribution in [2.24, 2.45) is 0 Å². The van der Waals surface area contributed by atoms with Gasteiger partial charge in [-0.05, 0) is 32.8 Å². The second-order valence-corrected chi connectivity index (χ2v) is 3.25. The van der Waals surface area contributed by atoms with Gasteiger partial charge in [-0.1, -0.05) is 36.4 Å². The van der Waals surface area contributed by atoms with E-state index in [0.717, 1.165) is 11.8 Å². The maximum atomic E-state index is 9.89. The molecule has 0 aliphatic carbocycles. The summed E-state index contributed by atoms with van der Waals surface area (Å²) >= 11 is 0. The lowest BCUT2D eigenvalue weighted by Crippen LogP contribution is -1.99. The summed E-state index contributed by atoms with van der Waals surface area (Å²) < 4.78 is 0. The smallest absolute Gasteiger partial charge is 0.142 e. The summed E-state index contributed by atoms with van der Waals surface area (Å²) in [7, 11) is 6.00.